The molecule has 0 aliphatic carbocycles. The van der Waals surface area contributed by atoms with E-state index in [1.165, 1.54) is 12.1 Å². The summed E-state index contributed by atoms with van der Waals surface area (Å²) in [7, 11) is 0. The van der Waals surface area contributed by atoms with Crippen molar-refractivity contribution in [2.75, 3.05) is 13.1 Å². The number of nitrogens with one attached hydrogen (secondary N) is 1. The van der Waals surface area contributed by atoms with Crippen molar-refractivity contribution < 1.29 is 13.5 Å². The third kappa shape index (κ3) is 3.12. The van der Waals surface area contributed by atoms with Gasteiger partial charge in [0.1, 0.15) is 11.6 Å². The molecule has 1 aliphatic heterocycles. The third-order valence-corrected chi connectivity index (χ3v) is 3.76. The number of benzene rings is 2. The van der Waals surface area contributed by atoms with Crippen LogP contribution in [0.1, 0.15) is 12.0 Å². The van der Waals surface area contributed by atoms with Gasteiger partial charge >= 0.3 is 0 Å². The maximum atomic E-state index is 14.1. The first-order chi connectivity index (χ1) is 10.3. The standard InChI is InChI=1S/C17H17F2NO/c18-16-6-2-1-4-14(16)13-5-3-7-17(19)15(13)11-21-12-8-9-20-10-12/h1-7,12,20H,8-11H2/t12-/m0/s1. The van der Waals surface area contributed by atoms with Crippen molar-refractivity contribution in [2.45, 2.75) is 19.1 Å². The van der Waals surface area contributed by atoms with Crippen LogP contribution < -0.4 is 5.32 Å². The molecule has 0 amide bonds. The monoisotopic (exact) mass is 289 g/mol. The van der Waals surface area contributed by atoms with Crippen LogP contribution in [-0.2, 0) is 11.3 Å². The molecular weight excluding hydrogens is 272 g/mol. The molecule has 1 N–H and O–H groups in total. The Kier molecular flexibility index (Phi) is 4.27. The first-order valence-electron chi connectivity index (χ1n) is 7.10. The number of hydrogen-bond acceptors (Lipinski definition) is 2. The molecule has 2 aromatic carbocycles. The molecule has 1 aliphatic rings. The van der Waals surface area contributed by atoms with Gasteiger partial charge in [0.05, 0.1) is 12.7 Å². The van der Waals surface area contributed by atoms with Crippen LogP contribution in [0.25, 0.3) is 11.1 Å². The zero-order valence-electron chi connectivity index (χ0n) is 11.6. The van der Waals surface area contributed by atoms with E-state index < -0.39 is 0 Å². The lowest BCUT2D eigenvalue weighted by molar-refractivity contribution is 0.0528. The van der Waals surface area contributed by atoms with E-state index >= 15 is 0 Å². The SMILES string of the molecule is Fc1ccccc1-c1cccc(F)c1CO[C@H]1CCNC1. The van der Waals surface area contributed by atoms with Gasteiger partial charge in [-0.15, -0.1) is 0 Å². The Hall–Kier alpha value is -1.78. The van der Waals surface area contributed by atoms with Crippen LogP contribution >= 0.6 is 0 Å². The topological polar surface area (TPSA) is 21.3 Å². The largest absolute Gasteiger partial charge is 0.372 e. The van der Waals surface area contributed by atoms with Crippen molar-refractivity contribution in [3.63, 3.8) is 0 Å². The highest BCUT2D eigenvalue weighted by atomic mass is 19.1. The molecule has 1 atom stereocenters. The molecule has 110 valence electrons. The molecule has 1 saturated heterocycles. The Morgan fingerprint density at radius 3 is 2.52 bits per heavy atom. The van der Waals surface area contributed by atoms with Gasteiger partial charge in [0.2, 0.25) is 0 Å². The van der Waals surface area contributed by atoms with E-state index in [0.29, 0.717) is 16.7 Å². The molecule has 1 fully saturated rings. The average molecular weight is 289 g/mol. The van der Waals surface area contributed by atoms with Crippen LogP contribution in [0, 0.1) is 11.6 Å². The maximum Gasteiger partial charge on any atom is 0.131 e. The van der Waals surface area contributed by atoms with Gasteiger partial charge in [-0.2, -0.15) is 0 Å². The van der Waals surface area contributed by atoms with Crippen molar-refractivity contribution in [3.8, 4) is 11.1 Å². The lowest BCUT2D eigenvalue weighted by atomic mass is 9.99. The van der Waals surface area contributed by atoms with Gasteiger partial charge in [-0.05, 0) is 30.7 Å². The highest BCUT2D eigenvalue weighted by Crippen LogP contribution is 2.29. The Bertz CT molecular complexity index is 624. The second-order valence-corrected chi connectivity index (χ2v) is 5.17. The number of halogens is 2. The Balaban J connectivity index is 1.90. The Morgan fingerprint density at radius 1 is 1.00 bits per heavy atom. The van der Waals surface area contributed by atoms with E-state index in [-0.39, 0.29) is 24.3 Å². The molecule has 1 heterocycles. The second kappa shape index (κ2) is 6.33. The quantitative estimate of drug-likeness (QED) is 0.930. The van der Waals surface area contributed by atoms with Crippen molar-refractivity contribution in [1.29, 1.82) is 0 Å². The molecule has 2 aromatic rings. The van der Waals surface area contributed by atoms with Gasteiger partial charge in [-0.25, -0.2) is 8.78 Å². The molecule has 4 heteroatoms. The van der Waals surface area contributed by atoms with Gasteiger partial charge in [0, 0.05) is 17.7 Å². The summed E-state index contributed by atoms with van der Waals surface area (Å²) in [6.45, 7) is 1.86. The maximum absolute atomic E-state index is 14.1. The van der Waals surface area contributed by atoms with E-state index in [0.717, 1.165) is 19.5 Å². The summed E-state index contributed by atoms with van der Waals surface area (Å²) in [4.78, 5) is 0. The van der Waals surface area contributed by atoms with Crippen molar-refractivity contribution in [3.05, 3.63) is 59.7 Å². The van der Waals surface area contributed by atoms with E-state index in [4.69, 9.17) is 4.74 Å². The van der Waals surface area contributed by atoms with E-state index in [1.54, 1.807) is 30.3 Å². The fraction of sp³-hybridized carbons (Fsp3) is 0.294. The molecular formula is C17H17F2NO. The van der Waals surface area contributed by atoms with Crippen LogP contribution in [0.2, 0.25) is 0 Å². The third-order valence-electron chi connectivity index (χ3n) is 3.76. The van der Waals surface area contributed by atoms with Gasteiger partial charge in [-0.1, -0.05) is 30.3 Å². The van der Waals surface area contributed by atoms with Crippen molar-refractivity contribution in [1.82, 2.24) is 5.32 Å². The van der Waals surface area contributed by atoms with Crippen LogP contribution in [0.15, 0.2) is 42.5 Å². The van der Waals surface area contributed by atoms with Crippen molar-refractivity contribution >= 4 is 0 Å². The predicted molar refractivity (Wildman–Crippen MR) is 77.9 cm³/mol. The first-order valence-corrected chi connectivity index (χ1v) is 7.10. The van der Waals surface area contributed by atoms with Crippen LogP contribution in [0.4, 0.5) is 8.78 Å². The van der Waals surface area contributed by atoms with Gasteiger partial charge < -0.3 is 10.1 Å². The number of ether oxygens (including phenoxy) is 1. The summed E-state index contributed by atoms with van der Waals surface area (Å²) < 4.78 is 33.8. The minimum Gasteiger partial charge on any atom is -0.372 e. The summed E-state index contributed by atoms with van der Waals surface area (Å²) in [5.41, 5.74) is 1.37. The van der Waals surface area contributed by atoms with Gasteiger partial charge in [-0.3, -0.25) is 0 Å². The molecule has 0 spiro atoms. The molecule has 0 unspecified atom stereocenters. The average Bonchev–Trinajstić information content (AvgIpc) is 3.00. The highest BCUT2D eigenvalue weighted by molar-refractivity contribution is 5.68. The fourth-order valence-corrected chi connectivity index (χ4v) is 2.61. The number of hydrogen-bond donors (Lipinski definition) is 1. The summed E-state index contributed by atoms with van der Waals surface area (Å²) in [5.74, 6) is -0.714. The predicted octanol–water partition coefficient (Wildman–Crippen LogP) is 3.51. The first kappa shape index (κ1) is 14.2. The molecule has 0 radical (unpaired) electrons. The molecule has 0 aromatic heterocycles. The summed E-state index contributed by atoms with van der Waals surface area (Å²) in [5, 5.41) is 3.20. The fourth-order valence-electron chi connectivity index (χ4n) is 2.61. The van der Waals surface area contributed by atoms with E-state index in [2.05, 4.69) is 5.32 Å². The van der Waals surface area contributed by atoms with Crippen LogP contribution in [0.5, 0.6) is 0 Å². The highest BCUT2D eigenvalue weighted by Gasteiger charge is 2.18. The Labute approximate surface area is 122 Å². The minimum absolute atomic E-state index is 0.0954. The molecule has 0 saturated carbocycles. The zero-order valence-corrected chi connectivity index (χ0v) is 11.6. The molecule has 0 bridgehead atoms. The van der Waals surface area contributed by atoms with Crippen molar-refractivity contribution in [2.24, 2.45) is 0 Å². The minimum atomic E-state index is -0.360. The van der Waals surface area contributed by atoms with Crippen LogP contribution in [0.3, 0.4) is 0 Å². The number of rotatable bonds is 4. The lowest BCUT2D eigenvalue weighted by Gasteiger charge is -2.15. The summed E-state index contributed by atoms with van der Waals surface area (Å²) >= 11 is 0. The molecule has 21 heavy (non-hydrogen) atoms. The summed E-state index contributed by atoms with van der Waals surface area (Å²) in [6, 6.07) is 11.1. The summed E-state index contributed by atoms with van der Waals surface area (Å²) in [6.07, 6.45) is 1.02. The molecule has 3 rings (SSSR count). The normalized spacial score (nSPS) is 18.1. The van der Waals surface area contributed by atoms with Gasteiger partial charge in [0.15, 0.2) is 0 Å². The Morgan fingerprint density at radius 2 is 1.76 bits per heavy atom. The van der Waals surface area contributed by atoms with E-state index in [9.17, 15) is 8.78 Å². The van der Waals surface area contributed by atoms with Crippen LogP contribution in [-0.4, -0.2) is 19.2 Å². The van der Waals surface area contributed by atoms with Gasteiger partial charge in [0.25, 0.3) is 0 Å². The van der Waals surface area contributed by atoms with E-state index in [1.807, 2.05) is 0 Å². The lowest BCUT2D eigenvalue weighted by Crippen LogP contribution is -2.17. The molecule has 2 nitrogen and oxygen atoms in total. The second-order valence-electron chi connectivity index (χ2n) is 5.17. The zero-order chi connectivity index (χ0) is 14.7. The smallest absolute Gasteiger partial charge is 0.131 e.